The van der Waals surface area contributed by atoms with E-state index in [-0.39, 0.29) is 5.82 Å². The molecule has 1 heterocycles. The molecule has 19 heavy (non-hydrogen) atoms. The summed E-state index contributed by atoms with van der Waals surface area (Å²) in [6, 6.07) is 5.84. The summed E-state index contributed by atoms with van der Waals surface area (Å²) in [7, 11) is 0. The molecule has 0 saturated heterocycles. The molecule has 1 N–H and O–H groups in total. The first-order valence-corrected chi connectivity index (χ1v) is 8.31. The van der Waals surface area contributed by atoms with Crippen molar-refractivity contribution >= 4 is 11.8 Å². The molecule has 2 aliphatic rings. The molecule has 3 rings (SSSR count). The molecule has 0 spiro atoms. The fourth-order valence-corrected chi connectivity index (χ4v) is 4.51. The van der Waals surface area contributed by atoms with Crippen LogP contribution in [0.5, 0.6) is 0 Å². The van der Waals surface area contributed by atoms with Crippen molar-refractivity contribution in [2.45, 2.75) is 50.0 Å². The summed E-state index contributed by atoms with van der Waals surface area (Å²) in [6.45, 7) is 3.45. The summed E-state index contributed by atoms with van der Waals surface area (Å²) in [4.78, 5) is 0.864. The smallest absolute Gasteiger partial charge is 0.137 e. The molecule has 0 aromatic heterocycles. The molecule has 1 unspecified atom stereocenters. The predicted octanol–water partition coefficient (Wildman–Crippen LogP) is 4.53. The molecule has 0 radical (unpaired) electrons. The predicted molar refractivity (Wildman–Crippen MR) is 79.1 cm³/mol. The maximum Gasteiger partial charge on any atom is 0.137 e. The molecular weight excluding hydrogens is 257 g/mol. The van der Waals surface area contributed by atoms with Gasteiger partial charge in [0.15, 0.2) is 0 Å². The topological polar surface area (TPSA) is 12.0 Å². The van der Waals surface area contributed by atoms with E-state index >= 15 is 0 Å². The first-order valence-electron chi connectivity index (χ1n) is 7.33. The van der Waals surface area contributed by atoms with Crippen molar-refractivity contribution < 1.29 is 4.39 Å². The minimum atomic E-state index is -0.0546. The van der Waals surface area contributed by atoms with E-state index in [1.54, 1.807) is 17.8 Å². The van der Waals surface area contributed by atoms with Gasteiger partial charge in [-0.2, -0.15) is 0 Å². The molecule has 1 fully saturated rings. The molecule has 1 aliphatic heterocycles. The summed E-state index contributed by atoms with van der Waals surface area (Å²) in [6.07, 6.45) is 6.50. The number of hydrogen-bond donors (Lipinski definition) is 1. The third kappa shape index (κ3) is 2.82. The Morgan fingerprint density at radius 2 is 2.16 bits per heavy atom. The van der Waals surface area contributed by atoms with Crippen LogP contribution in [0.3, 0.4) is 0 Å². The maximum atomic E-state index is 13.8. The Balaban J connectivity index is 1.71. The molecule has 1 aliphatic carbocycles. The Morgan fingerprint density at radius 1 is 1.37 bits per heavy atom. The molecule has 1 nitrogen and oxygen atoms in total. The Hall–Kier alpha value is -0.540. The Labute approximate surface area is 119 Å². The Kier molecular flexibility index (Phi) is 3.86. The third-order valence-electron chi connectivity index (χ3n) is 4.61. The molecule has 0 amide bonds. The largest absolute Gasteiger partial charge is 0.309 e. The van der Waals surface area contributed by atoms with Gasteiger partial charge in [-0.1, -0.05) is 31.9 Å². The average molecular weight is 279 g/mol. The molecule has 3 heteroatoms. The van der Waals surface area contributed by atoms with Crippen LogP contribution < -0.4 is 5.32 Å². The normalized spacial score (nSPS) is 25.3. The van der Waals surface area contributed by atoms with E-state index < -0.39 is 0 Å². The summed E-state index contributed by atoms with van der Waals surface area (Å²) < 4.78 is 13.8. The summed E-state index contributed by atoms with van der Waals surface area (Å²) in [5.41, 5.74) is 1.62. The van der Waals surface area contributed by atoms with Gasteiger partial charge in [-0.15, -0.1) is 11.8 Å². The van der Waals surface area contributed by atoms with E-state index in [2.05, 4.69) is 18.3 Å². The highest BCUT2D eigenvalue weighted by atomic mass is 32.2. The standard InChI is InChI=1S/C16H22FNS/c1-16(8-2-3-9-16)11-18-14-7-10-19-15-12(14)5-4-6-13(15)17/h4-6,14,18H,2-3,7-11H2,1H3. The number of thioether (sulfide) groups is 1. The van der Waals surface area contributed by atoms with E-state index in [0.29, 0.717) is 11.5 Å². The van der Waals surface area contributed by atoms with Gasteiger partial charge in [-0.25, -0.2) is 4.39 Å². The van der Waals surface area contributed by atoms with Gasteiger partial charge in [-0.05, 0) is 42.1 Å². The number of fused-ring (bicyclic) bond motifs is 1. The van der Waals surface area contributed by atoms with Crippen molar-refractivity contribution in [1.82, 2.24) is 5.32 Å². The number of rotatable bonds is 3. The zero-order valence-electron chi connectivity index (χ0n) is 11.5. The van der Waals surface area contributed by atoms with Crippen LogP contribution >= 0.6 is 11.8 Å². The minimum absolute atomic E-state index is 0.0546. The van der Waals surface area contributed by atoms with E-state index in [9.17, 15) is 4.39 Å². The lowest BCUT2D eigenvalue weighted by atomic mass is 9.88. The van der Waals surface area contributed by atoms with E-state index in [1.807, 2.05) is 6.07 Å². The highest BCUT2D eigenvalue weighted by Gasteiger charge is 2.30. The summed E-state index contributed by atoms with van der Waals surface area (Å²) >= 11 is 1.66. The minimum Gasteiger partial charge on any atom is -0.309 e. The van der Waals surface area contributed by atoms with E-state index in [4.69, 9.17) is 0 Å². The number of halogens is 1. The molecule has 1 aromatic rings. The van der Waals surface area contributed by atoms with Crippen LogP contribution in [-0.4, -0.2) is 12.3 Å². The van der Waals surface area contributed by atoms with Crippen LogP contribution in [0.15, 0.2) is 23.1 Å². The third-order valence-corrected chi connectivity index (χ3v) is 5.77. The van der Waals surface area contributed by atoms with Crippen molar-refractivity contribution in [3.8, 4) is 0 Å². The van der Waals surface area contributed by atoms with Crippen LogP contribution in [0, 0.1) is 11.2 Å². The van der Waals surface area contributed by atoms with Crippen LogP contribution in [0.1, 0.15) is 50.6 Å². The van der Waals surface area contributed by atoms with Gasteiger partial charge in [-0.3, -0.25) is 0 Å². The molecule has 1 saturated carbocycles. The van der Waals surface area contributed by atoms with Gasteiger partial charge >= 0.3 is 0 Å². The lowest BCUT2D eigenvalue weighted by Crippen LogP contribution is -2.34. The molecule has 104 valence electrons. The first kappa shape index (κ1) is 13.4. The zero-order chi connectivity index (χ0) is 13.3. The van der Waals surface area contributed by atoms with Gasteiger partial charge in [0.05, 0.1) is 0 Å². The fourth-order valence-electron chi connectivity index (χ4n) is 3.37. The van der Waals surface area contributed by atoms with Crippen molar-refractivity contribution in [2.24, 2.45) is 5.41 Å². The molecule has 1 atom stereocenters. The van der Waals surface area contributed by atoms with Gasteiger partial charge in [0.2, 0.25) is 0 Å². The Morgan fingerprint density at radius 3 is 2.95 bits per heavy atom. The number of benzene rings is 1. The van der Waals surface area contributed by atoms with Crippen LogP contribution in [0.4, 0.5) is 4.39 Å². The molecular formula is C16H22FNS. The Bertz CT molecular complexity index is 454. The SMILES string of the molecule is CC1(CNC2CCSc3c(F)cccc32)CCCC1. The number of hydrogen-bond acceptors (Lipinski definition) is 2. The lowest BCUT2D eigenvalue weighted by molar-refractivity contribution is 0.294. The van der Waals surface area contributed by atoms with Crippen molar-refractivity contribution in [3.63, 3.8) is 0 Å². The highest BCUT2D eigenvalue weighted by Crippen LogP contribution is 2.40. The second kappa shape index (κ2) is 5.45. The van der Waals surface area contributed by atoms with Gasteiger partial charge in [0.1, 0.15) is 5.82 Å². The second-order valence-corrected chi connectivity index (χ2v) is 7.35. The fraction of sp³-hybridized carbons (Fsp3) is 0.625. The summed E-state index contributed by atoms with van der Waals surface area (Å²) in [5.74, 6) is 0.962. The van der Waals surface area contributed by atoms with Crippen molar-refractivity contribution in [1.29, 1.82) is 0 Å². The molecule has 0 bridgehead atoms. The first-order chi connectivity index (χ1) is 9.18. The quantitative estimate of drug-likeness (QED) is 0.872. The molecule has 1 aromatic carbocycles. The maximum absolute atomic E-state index is 13.8. The number of nitrogens with one attached hydrogen (secondary N) is 1. The van der Waals surface area contributed by atoms with Gasteiger partial charge < -0.3 is 5.32 Å². The second-order valence-electron chi connectivity index (χ2n) is 6.25. The lowest BCUT2D eigenvalue weighted by Gasteiger charge is -2.31. The summed E-state index contributed by atoms with van der Waals surface area (Å²) in [5, 5.41) is 3.71. The van der Waals surface area contributed by atoms with E-state index in [1.165, 1.54) is 25.7 Å². The van der Waals surface area contributed by atoms with Crippen LogP contribution in [0.2, 0.25) is 0 Å². The average Bonchev–Trinajstić information content (AvgIpc) is 2.84. The van der Waals surface area contributed by atoms with Crippen molar-refractivity contribution in [3.05, 3.63) is 29.6 Å². The van der Waals surface area contributed by atoms with Crippen LogP contribution in [0.25, 0.3) is 0 Å². The van der Waals surface area contributed by atoms with Crippen LogP contribution in [-0.2, 0) is 0 Å². The monoisotopic (exact) mass is 279 g/mol. The van der Waals surface area contributed by atoms with Crippen molar-refractivity contribution in [2.75, 3.05) is 12.3 Å². The highest BCUT2D eigenvalue weighted by molar-refractivity contribution is 7.99. The van der Waals surface area contributed by atoms with Gasteiger partial charge in [0, 0.05) is 17.5 Å². The van der Waals surface area contributed by atoms with E-state index in [0.717, 1.165) is 29.2 Å². The zero-order valence-corrected chi connectivity index (χ0v) is 12.4. The van der Waals surface area contributed by atoms with Gasteiger partial charge in [0.25, 0.3) is 0 Å².